The number of thiophene rings is 1. The van der Waals surface area contributed by atoms with Gasteiger partial charge in [0.25, 0.3) is 0 Å². The third-order valence-electron chi connectivity index (χ3n) is 7.56. The van der Waals surface area contributed by atoms with Crippen molar-refractivity contribution < 1.29 is 18.0 Å². The number of carbonyl (C=O) groups is 1. The Morgan fingerprint density at radius 1 is 1.22 bits per heavy atom. The molecule has 1 amide bonds. The van der Waals surface area contributed by atoms with Crippen molar-refractivity contribution in [1.82, 2.24) is 24.8 Å². The van der Waals surface area contributed by atoms with Crippen LogP contribution in [0.5, 0.6) is 0 Å². The van der Waals surface area contributed by atoms with Crippen molar-refractivity contribution in [2.45, 2.75) is 51.5 Å². The van der Waals surface area contributed by atoms with Gasteiger partial charge in [-0.1, -0.05) is 12.6 Å². The summed E-state index contributed by atoms with van der Waals surface area (Å²) in [4.78, 5) is 23.6. The maximum atomic E-state index is 12.9. The molecule has 2 N–H and O–H groups in total. The molecule has 0 bridgehead atoms. The van der Waals surface area contributed by atoms with E-state index >= 15 is 0 Å². The molecule has 1 saturated heterocycles. The Balaban J connectivity index is 1.25. The Morgan fingerprint density at radius 2 is 1.98 bits per heavy atom. The fourth-order valence-corrected chi connectivity index (χ4v) is 6.40. The number of likely N-dealkylation sites (N-methyl/N-ethyl adjacent to an activating group) is 1. The summed E-state index contributed by atoms with van der Waals surface area (Å²) in [5, 5.41) is 17.3. The van der Waals surface area contributed by atoms with Crippen LogP contribution in [-0.4, -0.2) is 57.7 Å². The number of halogens is 3. The van der Waals surface area contributed by atoms with Gasteiger partial charge < -0.3 is 15.2 Å². The number of hydrogen-bond donors (Lipinski definition) is 2. The molecule has 1 aliphatic rings. The third kappa shape index (κ3) is 6.21. The Morgan fingerprint density at radius 3 is 2.66 bits per heavy atom. The molecule has 3 aromatic heterocycles. The second-order valence-electron chi connectivity index (χ2n) is 10.3. The molecule has 0 spiro atoms. The van der Waals surface area contributed by atoms with Crippen LogP contribution in [0.3, 0.4) is 0 Å². The maximum absolute atomic E-state index is 12.9. The second kappa shape index (κ2) is 11.5. The fourth-order valence-electron chi connectivity index (χ4n) is 5.37. The number of alkyl halides is 3. The van der Waals surface area contributed by atoms with Crippen LogP contribution in [0.2, 0.25) is 0 Å². The van der Waals surface area contributed by atoms with E-state index in [9.17, 15) is 23.2 Å². The van der Waals surface area contributed by atoms with E-state index in [0.29, 0.717) is 27.3 Å². The van der Waals surface area contributed by atoms with Crippen LogP contribution < -0.4 is 10.6 Å². The van der Waals surface area contributed by atoms with Crippen LogP contribution in [0.4, 0.5) is 19.0 Å². The zero-order chi connectivity index (χ0) is 29.3. The van der Waals surface area contributed by atoms with Crippen molar-refractivity contribution in [3.05, 3.63) is 64.4 Å². The van der Waals surface area contributed by atoms with Crippen LogP contribution in [0.25, 0.3) is 21.1 Å². The van der Waals surface area contributed by atoms with Gasteiger partial charge in [0.05, 0.1) is 18.4 Å². The molecule has 1 aliphatic heterocycles. The zero-order valence-corrected chi connectivity index (χ0v) is 23.6. The SMILES string of the molecule is C=C(Cn1c(C#N)cc2c(C)c(CN3CCC(Nc4ncnc5sc(CC(F)(F)F)cc45)CC3)ccc21)C(=O)NC. The number of fused-ring (bicyclic) bond motifs is 2. The van der Waals surface area contributed by atoms with Crippen molar-refractivity contribution >= 4 is 44.2 Å². The molecule has 0 atom stereocenters. The second-order valence-corrected chi connectivity index (χ2v) is 11.4. The molecule has 4 heterocycles. The predicted molar refractivity (Wildman–Crippen MR) is 154 cm³/mol. The van der Waals surface area contributed by atoms with E-state index in [2.05, 4.69) is 51.1 Å². The number of piperidine rings is 1. The van der Waals surface area contributed by atoms with Gasteiger partial charge in [0.2, 0.25) is 5.91 Å². The highest BCUT2D eigenvalue weighted by Gasteiger charge is 2.29. The zero-order valence-electron chi connectivity index (χ0n) is 22.8. The van der Waals surface area contributed by atoms with Crippen LogP contribution in [0.1, 0.15) is 34.5 Å². The van der Waals surface area contributed by atoms with E-state index in [-0.39, 0.29) is 23.4 Å². The smallest absolute Gasteiger partial charge is 0.367 e. The van der Waals surface area contributed by atoms with Gasteiger partial charge in [0, 0.05) is 54.1 Å². The van der Waals surface area contributed by atoms with Gasteiger partial charge in [-0.3, -0.25) is 9.69 Å². The molecule has 0 unspecified atom stereocenters. The van der Waals surface area contributed by atoms with E-state index in [4.69, 9.17) is 0 Å². The van der Waals surface area contributed by atoms with Crippen LogP contribution >= 0.6 is 11.3 Å². The largest absolute Gasteiger partial charge is 0.393 e. The molecule has 4 aromatic rings. The summed E-state index contributed by atoms with van der Waals surface area (Å²) in [5.74, 6) is 0.323. The summed E-state index contributed by atoms with van der Waals surface area (Å²) in [6, 6.07) is 9.88. The van der Waals surface area contributed by atoms with Crippen molar-refractivity contribution in [3.8, 4) is 6.07 Å². The van der Waals surface area contributed by atoms with Gasteiger partial charge in [0.1, 0.15) is 28.7 Å². The van der Waals surface area contributed by atoms with E-state index in [1.54, 1.807) is 13.1 Å². The average molecular weight is 582 g/mol. The minimum absolute atomic E-state index is 0.152. The van der Waals surface area contributed by atoms with E-state index in [1.165, 1.54) is 11.9 Å². The molecule has 8 nitrogen and oxygen atoms in total. The number of nitrogens with zero attached hydrogens (tertiary/aromatic N) is 5. The highest BCUT2D eigenvalue weighted by molar-refractivity contribution is 7.18. The van der Waals surface area contributed by atoms with Gasteiger partial charge in [-0.05, 0) is 49.1 Å². The molecule has 0 aliphatic carbocycles. The van der Waals surface area contributed by atoms with Crippen molar-refractivity contribution in [3.63, 3.8) is 0 Å². The molecular formula is C29H30F3N7OS. The number of anilines is 1. The summed E-state index contributed by atoms with van der Waals surface area (Å²) in [5.41, 5.74) is 4.01. The number of benzene rings is 1. The van der Waals surface area contributed by atoms with Crippen molar-refractivity contribution in [2.75, 3.05) is 25.5 Å². The Hall–Kier alpha value is -3.95. The molecule has 1 fully saturated rings. The summed E-state index contributed by atoms with van der Waals surface area (Å²) in [7, 11) is 1.55. The highest BCUT2D eigenvalue weighted by Crippen LogP contribution is 2.33. The van der Waals surface area contributed by atoms with Crippen LogP contribution in [0, 0.1) is 18.3 Å². The minimum atomic E-state index is -4.26. The Labute approximate surface area is 239 Å². The minimum Gasteiger partial charge on any atom is -0.367 e. The third-order valence-corrected chi connectivity index (χ3v) is 8.60. The van der Waals surface area contributed by atoms with E-state index < -0.39 is 12.6 Å². The summed E-state index contributed by atoms with van der Waals surface area (Å²) < 4.78 is 40.5. The van der Waals surface area contributed by atoms with Gasteiger partial charge in [-0.25, -0.2) is 9.97 Å². The van der Waals surface area contributed by atoms with Crippen LogP contribution in [-0.2, 0) is 24.3 Å². The predicted octanol–water partition coefficient (Wildman–Crippen LogP) is 5.31. The summed E-state index contributed by atoms with van der Waals surface area (Å²) in [6.07, 6.45) is -2.11. The maximum Gasteiger partial charge on any atom is 0.393 e. The van der Waals surface area contributed by atoms with Gasteiger partial charge >= 0.3 is 6.18 Å². The lowest BCUT2D eigenvalue weighted by molar-refractivity contribution is -0.126. The van der Waals surface area contributed by atoms with Gasteiger partial charge in [-0.2, -0.15) is 18.4 Å². The molecule has 41 heavy (non-hydrogen) atoms. The number of nitrogens with one attached hydrogen (secondary N) is 2. The Bertz CT molecular complexity index is 1660. The van der Waals surface area contributed by atoms with Crippen molar-refractivity contribution in [2.24, 2.45) is 0 Å². The lowest BCUT2D eigenvalue weighted by Gasteiger charge is -2.33. The average Bonchev–Trinajstić information content (AvgIpc) is 3.51. The number of carbonyl (C=O) groups excluding carboxylic acids is 1. The standard InChI is InChI=1S/C29H30F3N7OS/c1-17(27(40)34-3)14-39-21(13-33)10-23-18(2)19(4-5-25(23)39)15-38-8-6-20(7-9-38)37-26-24-11-22(12-29(30,31)32)41-28(24)36-16-35-26/h4-5,10-11,16,20H,1,6-9,12,14-15H2,2-3H3,(H,34,40)(H,35,36,37). The first-order chi connectivity index (χ1) is 19.6. The Kier molecular flexibility index (Phi) is 8.02. The topological polar surface area (TPSA) is 98.9 Å². The molecule has 0 saturated carbocycles. The number of amides is 1. The van der Waals surface area contributed by atoms with Gasteiger partial charge in [0.15, 0.2) is 0 Å². The van der Waals surface area contributed by atoms with Gasteiger partial charge in [-0.15, -0.1) is 11.3 Å². The molecule has 0 radical (unpaired) electrons. The number of hydrogen-bond acceptors (Lipinski definition) is 7. The first kappa shape index (κ1) is 28.6. The van der Waals surface area contributed by atoms with E-state index in [0.717, 1.165) is 60.3 Å². The fraction of sp³-hybridized carbons (Fsp3) is 0.379. The van der Waals surface area contributed by atoms with Crippen molar-refractivity contribution in [1.29, 1.82) is 5.26 Å². The molecule has 12 heteroatoms. The molecular weight excluding hydrogens is 551 g/mol. The normalized spacial score (nSPS) is 14.8. The quantitative estimate of drug-likeness (QED) is 0.274. The first-order valence-electron chi connectivity index (χ1n) is 13.3. The number of aryl methyl sites for hydroxylation is 1. The number of rotatable bonds is 8. The van der Waals surface area contributed by atoms with Crippen LogP contribution in [0.15, 0.2) is 42.7 Å². The number of aromatic nitrogens is 3. The summed E-state index contributed by atoms with van der Waals surface area (Å²) >= 11 is 1.05. The number of likely N-dealkylation sites (tertiary alicyclic amines) is 1. The molecule has 1 aromatic carbocycles. The molecule has 214 valence electrons. The van der Waals surface area contributed by atoms with E-state index in [1.807, 2.05) is 16.7 Å². The monoisotopic (exact) mass is 581 g/mol. The lowest BCUT2D eigenvalue weighted by atomic mass is 10.0. The summed E-state index contributed by atoms with van der Waals surface area (Å²) in [6.45, 7) is 8.61. The highest BCUT2D eigenvalue weighted by atomic mass is 32.1. The number of nitriles is 1. The lowest BCUT2D eigenvalue weighted by Crippen LogP contribution is -2.39. The first-order valence-corrected chi connectivity index (χ1v) is 14.1. The molecule has 5 rings (SSSR count).